The van der Waals surface area contributed by atoms with Crippen molar-refractivity contribution in [2.24, 2.45) is 5.92 Å². The Morgan fingerprint density at radius 2 is 2.08 bits per heavy atom. The zero-order chi connectivity index (χ0) is 17.8. The highest BCUT2D eigenvalue weighted by Gasteiger charge is 2.61. The minimum absolute atomic E-state index is 0.111. The predicted molar refractivity (Wildman–Crippen MR) is 98.7 cm³/mol. The molecule has 0 saturated heterocycles. The fraction of sp³-hybridized carbons (Fsp3) is 0.647. The van der Waals surface area contributed by atoms with Crippen molar-refractivity contribution in [2.75, 3.05) is 31.8 Å². The first-order chi connectivity index (χ1) is 11.9. The molecule has 1 heterocycles. The highest BCUT2D eigenvalue weighted by Crippen LogP contribution is 2.62. The molecule has 0 radical (unpaired) electrons. The van der Waals surface area contributed by atoms with Crippen LogP contribution in [-0.4, -0.2) is 46.9 Å². The van der Waals surface area contributed by atoms with Gasteiger partial charge in [0.05, 0.1) is 29.9 Å². The van der Waals surface area contributed by atoms with Crippen molar-refractivity contribution in [3.63, 3.8) is 0 Å². The summed E-state index contributed by atoms with van der Waals surface area (Å²) in [7, 11) is -2.10. The molecule has 3 fully saturated rings. The van der Waals surface area contributed by atoms with Crippen molar-refractivity contribution >= 4 is 31.6 Å². The molecule has 3 aliphatic carbocycles. The highest BCUT2D eigenvalue weighted by atomic mass is 79.9. The lowest BCUT2D eigenvalue weighted by Crippen LogP contribution is -2.70. The van der Waals surface area contributed by atoms with Gasteiger partial charge in [-0.05, 0) is 54.1 Å². The number of methoxy groups -OCH3 is 1. The van der Waals surface area contributed by atoms with Crippen LogP contribution < -0.4 is 14.4 Å². The van der Waals surface area contributed by atoms with Gasteiger partial charge < -0.3 is 14.4 Å². The maximum Gasteiger partial charge on any atom is 0.243 e. The van der Waals surface area contributed by atoms with E-state index in [1.165, 1.54) is 0 Å². The van der Waals surface area contributed by atoms with Gasteiger partial charge >= 0.3 is 0 Å². The Morgan fingerprint density at radius 1 is 1.36 bits per heavy atom. The molecule has 0 aromatic heterocycles. The van der Waals surface area contributed by atoms with E-state index in [0.717, 1.165) is 35.3 Å². The molecule has 25 heavy (non-hydrogen) atoms. The summed E-state index contributed by atoms with van der Waals surface area (Å²) in [4.78, 5) is 2.59. The molecular weight excluding hydrogens is 408 g/mol. The molecular formula is C17H23BrN2O4S. The van der Waals surface area contributed by atoms with Crippen molar-refractivity contribution in [3.05, 3.63) is 16.6 Å². The fourth-order valence-electron chi connectivity index (χ4n) is 4.31. The normalized spacial score (nSPS) is 32.2. The van der Waals surface area contributed by atoms with Gasteiger partial charge in [0.2, 0.25) is 10.0 Å². The van der Waals surface area contributed by atoms with Crippen LogP contribution in [0.1, 0.15) is 26.2 Å². The maximum atomic E-state index is 13.0. The van der Waals surface area contributed by atoms with Crippen LogP contribution in [0.15, 0.2) is 21.5 Å². The van der Waals surface area contributed by atoms with Gasteiger partial charge in [-0.15, -0.1) is 0 Å². The standard InChI is InChI=1S/C17H23BrN2O4S/c1-3-24-10-12-9-20(17-6-11(7-17)8-17)14-4-13(18)15(23-2)5-16(14)25(21,22)19-12/h4-5,11-12,19H,3,6-10H2,1-2H3. The predicted octanol–water partition coefficient (Wildman–Crippen LogP) is 2.51. The molecule has 138 valence electrons. The van der Waals surface area contributed by atoms with Gasteiger partial charge in [-0.1, -0.05) is 0 Å². The molecule has 1 aliphatic heterocycles. The number of anilines is 1. The number of rotatable bonds is 5. The molecule has 1 N–H and O–H groups in total. The quantitative estimate of drug-likeness (QED) is 0.776. The lowest BCUT2D eigenvalue weighted by molar-refractivity contribution is -0.0271. The average molecular weight is 431 g/mol. The Bertz CT molecular complexity index is 781. The fourth-order valence-corrected chi connectivity index (χ4v) is 6.21. The van der Waals surface area contributed by atoms with Gasteiger partial charge in [0.1, 0.15) is 10.6 Å². The van der Waals surface area contributed by atoms with Gasteiger partial charge in [0.25, 0.3) is 0 Å². The Morgan fingerprint density at radius 3 is 2.64 bits per heavy atom. The lowest BCUT2D eigenvalue weighted by Gasteiger charge is -2.67. The molecule has 0 spiro atoms. The second kappa shape index (κ2) is 6.11. The van der Waals surface area contributed by atoms with E-state index in [1.54, 1.807) is 13.2 Å². The van der Waals surface area contributed by atoms with E-state index >= 15 is 0 Å². The number of nitrogens with one attached hydrogen (secondary N) is 1. The summed E-state index contributed by atoms with van der Waals surface area (Å²) in [6.07, 6.45) is 3.45. The van der Waals surface area contributed by atoms with Crippen LogP contribution in [0.4, 0.5) is 5.69 Å². The number of hydrogen-bond acceptors (Lipinski definition) is 5. The number of sulfonamides is 1. The van der Waals surface area contributed by atoms with Crippen molar-refractivity contribution in [2.45, 2.75) is 42.7 Å². The van der Waals surface area contributed by atoms with Gasteiger partial charge in [-0.3, -0.25) is 0 Å². The van der Waals surface area contributed by atoms with Gasteiger partial charge in [-0.2, -0.15) is 0 Å². The van der Waals surface area contributed by atoms with Crippen LogP contribution >= 0.6 is 15.9 Å². The SMILES string of the molecule is CCOCC1CN(C23CC(C2)C3)c2cc(Br)c(OC)cc2S(=O)(=O)N1. The summed E-state index contributed by atoms with van der Waals surface area (Å²) in [6, 6.07) is 3.23. The van der Waals surface area contributed by atoms with E-state index in [1.807, 2.05) is 13.0 Å². The van der Waals surface area contributed by atoms with Gasteiger partial charge in [0.15, 0.2) is 0 Å². The van der Waals surface area contributed by atoms with Crippen LogP contribution in [0.2, 0.25) is 0 Å². The monoisotopic (exact) mass is 430 g/mol. The first-order valence-corrected chi connectivity index (χ1v) is 10.9. The Hall–Kier alpha value is -0.830. The summed E-state index contributed by atoms with van der Waals surface area (Å²) < 4.78 is 40.4. The van der Waals surface area contributed by atoms with Crippen LogP contribution in [0.25, 0.3) is 0 Å². The molecule has 4 aliphatic rings. The van der Waals surface area contributed by atoms with Crippen LogP contribution in [-0.2, 0) is 14.8 Å². The highest BCUT2D eigenvalue weighted by molar-refractivity contribution is 9.10. The van der Waals surface area contributed by atoms with E-state index in [2.05, 4.69) is 25.6 Å². The first-order valence-electron chi connectivity index (χ1n) is 8.64. The third-order valence-corrected chi connectivity index (χ3v) is 7.81. The Kier molecular flexibility index (Phi) is 4.30. The lowest BCUT2D eigenvalue weighted by atomic mass is 9.49. The summed E-state index contributed by atoms with van der Waals surface area (Å²) in [5.41, 5.74) is 0.872. The number of ether oxygens (including phenoxy) is 2. The molecule has 3 saturated carbocycles. The molecule has 1 aromatic carbocycles. The number of halogens is 1. The summed E-state index contributed by atoms with van der Waals surface area (Å²) in [6.45, 7) is 3.48. The van der Waals surface area contributed by atoms with Crippen LogP contribution in [0, 0.1) is 5.92 Å². The zero-order valence-corrected chi connectivity index (χ0v) is 16.8. The van der Waals surface area contributed by atoms with E-state index in [0.29, 0.717) is 25.5 Å². The van der Waals surface area contributed by atoms with Crippen LogP contribution in [0.3, 0.4) is 0 Å². The minimum atomic E-state index is -3.64. The molecule has 8 heteroatoms. The van der Waals surface area contributed by atoms with Crippen molar-refractivity contribution in [1.82, 2.24) is 4.72 Å². The summed E-state index contributed by atoms with van der Waals surface area (Å²) in [5, 5.41) is 0. The molecule has 1 aromatic rings. The molecule has 2 bridgehead atoms. The largest absolute Gasteiger partial charge is 0.496 e. The number of fused-ring (bicyclic) bond motifs is 1. The maximum absolute atomic E-state index is 13.0. The van der Waals surface area contributed by atoms with Crippen molar-refractivity contribution in [3.8, 4) is 5.75 Å². The van der Waals surface area contributed by atoms with Crippen molar-refractivity contribution < 1.29 is 17.9 Å². The molecule has 6 nitrogen and oxygen atoms in total. The Labute approximate surface area is 157 Å². The second-order valence-electron chi connectivity index (χ2n) is 7.25. The average Bonchev–Trinajstić information content (AvgIpc) is 2.57. The van der Waals surface area contributed by atoms with E-state index in [4.69, 9.17) is 9.47 Å². The topological polar surface area (TPSA) is 67.9 Å². The van der Waals surface area contributed by atoms with E-state index < -0.39 is 10.0 Å². The number of nitrogens with zero attached hydrogens (tertiary/aromatic N) is 1. The van der Waals surface area contributed by atoms with E-state index in [-0.39, 0.29) is 16.5 Å². The third-order valence-electron chi connectivity index (χ3n) is 5.64. The Balaban J connectivity index is 1.81. The second-order valence-corrected chi connectivity index (χ2v) is 9.78. The van der Waals surface area contributed by atoms with Gasteiger partial charge in [0, 0.05) is 24.8 Å². The first kappa shape index (κ1) is 17.6. The smallest absolute Gasteiger partial charge is 0.243 e. The summed E-state index contributed by atoms with van der Waals surface area (Å²) >= 11 is 3.51. The zero-order valence-electron chi connectivity index (χ0n) is 14.4. The molecule has 0 amide bonds. The summed E-state index contributed by atoms with van der Waals surface area (Å²) in [5.74, 6) is 1.33. The van der Waals surface area contributed by atoms with Crippen molar-refractivity contribution in [1.29, 1.82) is 0 Å². The minimum Gasteiger partial charge on any atom is -0.496 e. The van der Waals surface area contributed by atoms with Crippen LogP contribution in [0.5, 0.6) is 5.75 Å². The third kappa shape index (κ3) is 2.78. The molecule has 1 unspecified atom stereocenters. The van der Waals surface area contributed by atoms with E-state index in [9.17, 15) is 8.42 Å². The number of benzene rings is 1. The number of hydrogen-bond donors (Lipinski definition) is 1. The molecule has 5 rings (SSSR count). The molecule has 1 atom stereocenters. The van der Waals surface area contributed by atoms with Gasteiger partial charge in [-0.25, -0.2) is 13.1 Å².